The molecule has 1 aliphatic rings. The van der Waals surface area contributed by atoms with Gasteiger partial charge in [-0.1, -0.05) is 11.6 Å². The van der Waals surface area contributed by atoms with Crippen molar-refractivity contribution < 1.29 is 23.1 Å². The molecule has 0 aliphatic carbocycles. The topological polar surface area (TPSA) is 118 Å². The Bertz CT molecular complexity index is 735. The number of carboxylic acid groups (broad SMARTS) is 1. The molecule has 9 heteroatoms. The van der Waals surface area contributed by atoms with Crippen LogP contribution in [0.15, 0.2) is 23.1 Å². The zero-order valence-electron chi connectivity index (χ0n) is 12.2. The normalized spacial score (nSPS) is 19.4. The lowest BCUT2D eigenvalue weighted by molar-refractivity contribution is -0.138. The lowest BCUT2D eigenvalue weighted by Gasteiger charge is -2.31. The number of aliphatic carboxylic acids is 1. The molecule has 3 N–H and O–H groups in total. The zero-order valence-corrected chi connectivity index (χ0v) is 13.8. The molecule has 1 aliphatic heterocycles. The first-order valence-corrected chi connectivity index (χ1v) is 8.84. The number of sulfonamides is 1. The van der Waals surface area contributed by atoms with E-state index in [0.717, 1.165) is 0 Å². The van der Waals surface area contributed by atoms with Gasteiger partial charge >= 0.3 is 5.97 Å². The van der Waals surface area contributed by atoms with E-state index in [9.17, 15) is 18.0 Å². The van der Waals surface area contributed by atoms with Gasteiger partial charge in [0.25, 0.3) is 0 Å². The molecule has 0 radical (unpaired) electrons. The number of piperidine rings is 1. The fourth-order valence-electron chi connectivity index (χ4n) is 2.66. The summed E-state index contributed by atoms with van der Waals surface area (Å²) in [7, 11) is -3.86. The number of carbonyl (C=O) groups is 2. The Morgan fingerprint density at radius 3 is 2.65 bits per heavy atom. The van der Waals surface area contributed by atoms with Crippen LogP contribution in [-0.2, 0) is 14.8 Å². The minimum absolute atomic E-state index is 0.00942. The highest BCUT2D eigenvalue weighted by Crippen LogP contribution is 2.27. The smallest absolute Gasteiger partial charge is 0.303 e. The van der Waals surface area contributed by atoms with Crippen molar-refractivity contribution in [1.29, 1.82) is 0 Å². The molecule has 1 saturated heterocycles. The summed E-state index contributed by atoms with van der Waals surface area (Å²) in [5.41, 5.74) is 5.19. The molecule has 126 valence electrons. The van der Waals surface area contributed by atoms with Gasteiger partial charge in [0.1, 0.15) is 0 Å². The molecule has 1 unspecified atom stereocenters. The van der Waals surface area contributed by atoms with Crippen LogP contribution >= 0.6 is 11.6 Å². The summed E-state index contributed by atoms with van der Waals surface area (Å²) in [5.74, 6) is -1.95. The number of hydrogen-bond acceptors (Lipinski definition) is 4. The van der Waals surface area contributed by atoms with E-state index >= 15 is 0 Å². The van der Waals surface area contributed by atoms with Gasteiger partial charge in [0.2, 0.25) is 15.9 Å². The molecule has 7 nitrogen and oxygen atoms in total. The Labute approximate surface area is 139 Å². The van der Waals surface area contributed by atoms with Crippen molar-refractivity contribution in [2.75, 3.05) is 13.1 Å². The van der Waals surface area contributed by atoms with Crippen LogP contribution in [-0.4, -0.2) is 42.8 Å². The SMILES string of the molecule is NC(=O)c1cc(Cl)cc(S(=O)(=O)N2CCCC(CC(=O)O)C2)c1. The van der Waals surface area contributed by atoms with Crippen molar-refractivity contribution in [2.45, 2.75) is 24.2 Å². The third-order valence-corrected chi connectivity index (χ3v) is 5.80. The van der Waals surface area contributed by atoms with Crippen molar-refractivity contribution >= 4 is 33.5 Å². The number of rotatable bonds is 5. The van der Waals surface area contributed by atoms with E-state index in [0.29, 0.717) is 19.4 Å². The molecule has 1 atom stereocenters. The van der Waals surface area contributed by atoms with Gasteiger partial charge in [0, 0.05) is 30.1 Å². The van der Waals surface area contributed by atoms with Gasteiger partial charge in [-0.2, -0.15) is 4.31 Å². The van der Waals surface area contributed by atoms with Gasteiger partial charge in [-0.3, -0.25) is 9.59 Å². The van der Waals surface area contributed by atoms with E-state index in [1.165, 1.54) is 22.5 Å². The van der Waals surface area contributed by atoms with E-state index in [-0.39, 0.29) is 34.4 Å². The molecule has 1 heterocycles. The lowest BCUT2D eigenvalue weighted by Crippen LogP contribution is -2.40. The van der Waals surface area contributed by atoms with Crippen LogP contribution in [0, 0.1) is 5.92 Å². The molecule has 1 aromatic carbocycles. The molecule has 23 heavy (non-hydrogen) atoms. The van der Waals surface area contributed by atoms with Crippen LogP contribution in [0.3, 0.4) is 0 Å². The summed E-state index contributed by atoms with van der Waals surface area (Å²) >= 11 is 5.87. The standard InChI is InChI=1S/C14H17ClN2O5S/c15-11-5-10(14(16)20)6-12(7-11)23(21,22)17-3-1-2-9(8-17)4-13(18)19/h5-7,9H,1-4,8H2,(H2,16,20)(H,18,19). The number of carboxylic acids is 1. The van der Waals surface area contributed by atoms with Crippen molar-refractivity contribution in [3.05, 3.63) is 28.8 Å². The summed E-state index contributed by atoms with van der Waals surface area (Å²) in [6.45, 7) is 0.434. The number of halogens is 1. The molecule has 2 rings (SSSR count). The van der Waals surface area contributed by atoms with E-state index in [1.54, 1.807) is 0 Å². The van der Waals surface area contributed by atoms with Gasteiger partial charge in [-0.05, 0) is 37.0 Å². The number of hydrogen-bond donors (Lipinski definition) is 2. The molecule has 0 saturated carbocycles. The molecular weight excluding hydrogens is 344 g/mol. The van der Waals surface area contributed by atoms with Crippen molar-refractivity contribution in [1.82, 2.24) is 4.31 Å². The molecule has 0 bridgehead atoms. The minimum atomic E-state index is -3.86. The van der Waals surface area contributed by atoms with Crippen molar-refractivity contribution in [3.8, 4) is 0 Å². The second-order valence-corrected chi connectivity index (χ2v) is 7.88. The summed E-state index contributed by atoms with van der Waals surface area (Å²) in [6.07, 6.45) is 1.18. The molecule has 0 spiro atoms. The van der Waals surface area contributed by atoms with Crippen molar-refractivity contribution in [3.63, 3.8) is 0 Å². The predicted molar refractivity (Wildman–Crippen MR) is 83.7 cm³/mol. The Kier molecular flexibility index (Phi) is 5.28. The Balaban J connectivity index is 2.30. The van der Waals surface area contributed by atoms with Crippen LogP contribution in [0.5, 0.6) is 0 Å². The quantitative estimate of drug-likeness (QED) is 0.820. The summed E-state index contributed by atoms with van der Waals surface area (Å²) in [5, 5.41) is 8.97. The van der Waals surface area contributed by atoms with Crippen LogP contribution in [0.2, 0.25) is 5.02 Å². The molecule has 1 aromatic rings. The number of nitrogens with zero attached hydrogens (tertiary/aromatic N) is 1. The Morgan fingerprint density at radius 2 is 2.04 bits per heavy atom. The minimum Gasteiger partial charge on any atom is -0.481 e. The average Bonchev–Trinajstić information content (AvgIpc) is 2.46. The summed E-state index contributed by atoms with van der Waals surface area (Å²) in [6, 6.07) is 3.74. The van der Waals surface area contributed by atoms with E-state index in [4.69, 9.17) is 22.4 Å². The highest BCUT2D eigenvalue weighted by atomic mass is 35.5. The summed E-state index contributed by atoms with van der Waals surface area (Å²) < 4.78 is 26.7. The second kappa shape index (κ2) is 6.86. The van der Waals surface area contributed by atoms with Crippen LogP contribution in [0.1, 0.15) is 29.6 Å². The molecular formula is C14H17ClN2O5S. The molecule has 0 aromatic heterocycles. The predicted octanol–water partition coefficient (Wildman–Crippen LogP) is 1.31. The second-order valence-electron chi connectivity index (χ2n) is 5.51. The fourth-order valence-corrected chi connectivity index (χ4v) is 4.59. The van der Waals surface area contributed by atoms with E-state index < -0.39 is 21.9 Å². The number of nitrogens with two attached hydrogens (primary N) is 1. The maximum Gasteiger partial charge on any atom is 0.303 e. The monoisotopic (exact) mass is 360 g/mol. The number of carbonyl (C=O) groups excluding carboxylic acids is 1. The van der Waals surface area contributed by atoms with Crippen LogP contribution in [0.25, 0.3) is 0 Å². The largest absolute Gasteiger partial charge is 0.481 e. The fraction of sp³-hybridized carbons (Fsp3) is 0.429. The Morgan fingerprint density at radius 1 is 1.35 bits per heavy atom. The number of primary amides is 1. The van der Waals surface area contributed by atoms with Crippen LogP contribution < -0.4 is 5.73 Å². The van der Waals surface area contributed by atoms with Gasteiger partial charge in [0.05, 0.1) is 4.90 Å². The lowest BCUT2D eigenvalue weighted by atomic mass is 9.96. The molecule has 1 fully saturated rings. The first-order valence-electron chi connectivity index (χ1n) is 7.02. The average molecular weight is 361 g/mol. The first-order chi connectivity index (χ1) is 10.7. The molecule has 1 amide bonds. The first kappa shape index (κ1) is 17.7. The zero-order chi connectivity index (χ0) is 17.2. The third kappa shape index (κ3) is 4.21. The Hall–Kier alpha value is -1.64. The number of benzene rings is 1. The van der Waals surface area contributed by atoms with Gasteiger partial charge in [-0.15, -0.1) is 0 Å². The van der Waals surface area contributed by atoms with E-state index in [2.05, 4.69) is 0 Å². The van der Waals surface area contributed by atoms with Crippen molar-refractivity contribution in [2.24, 2.45) is 11.7 Å². The van der Waals surface area contributed by atoms with Gasteiger partial charge in [0.15, 0.2) is 0 Å². The van der Waals surface area contributed by atoms with E-state index in [1.807, 2.05) is 0 Å². The van der Waals surface area contributed by atoms with Gasteiger partial charge in [-0.25, -0.2) is 8.42 Å². The maximum atomic E-state index is 12.7. The summed E-state index contributed by atoms with van der Waals surface area (Å²) in [4.78, 5) is 22.0. The highest BCUT2D eigenvalue weighted by molar-refractivity contribution is 7.89. The highest BCUT2D eigenvalue weighted by Gasteiger charge is 2.31. The third-order valence-electron chi connectivity index (χ3n) is 3.74. The van der Waals surface area contributed by atoms with Gasteiger partial charge < -0.3 is 10.8 Å². The van der Waals surface area contributed by atoms with Crippen LogP contribution in [0.4, 0.5) is 0 Å². The number of amides is 1. The maximum absolute atomic E-state index is 12.7.